The average Bonchev–Trinajstić information content (AvgIpc) is 2.95. The number of amides is 2. The van der Waals surface area contributed by atoms with Gasteiger partial charge < -0.3 is 15.7 Å². The van der Waals surface area contributed by atoms with E-state index in [0.29, 0.717) is 12.8 Å². The van der Waals surface area contributed by atoms with Gasteiger partial charge in [0.15, 0.2) is 0 Å². The second-order valence-electron chi connectivity index (χ2n) is 12.2. The Morgan fingerprint density at radius 2 is 0.650 bits per heavy atom. The van der Waals surface area contributed by atoms with E-state index in [1.54, 1.807) is 0 Å². The van der Waals surface area contributed by atoms with E-state index in [2.05, 4.69) is 24.5 Å². The van der Waals surface area contributed by atoms with Gasteiger partial charge >= 0.3 is 0 Å². The first-order valence-corrected chi connectivity index (χ1v) is 17.8. The topological polar surface area (TPSA) is 78.4 Å². The van der Waals surface area contributed by atoms with Crippen LogP contribution in [0.25, 0.3) is 0 Å². The lowest BCUT2D eigenvalue weighted by Gasteiger charge is -2.13. The fourth-order valence-electron chi connectivity index (χ4n) is 5.32. The van der Waals surface area contributed by atoms with Gasteiger partial charge in [0.2, 0.25) is 11.8 Å². The smallest absolute Gasteiger partial charge is 0.220 e. The van der Waals surface area contributed by atoms with E-state index in [4.69, 9.17) is 0 Å². The summed E-state index contributed by atoms with van der Waals surface area (Å²) >= 11 is 0. The number of carbonyl (C=O) groups excluding carboxylic acids is 2. The molecule has 0 aliphatic carbocycles. The lowest BCUT2D eigenvalue weighted by atomic mass is 10.0. The van der Waals surface area contributed by atoms with Gasteiger partial charge in [0.1, 0.15) is 0 Å². The van der Waals surface area contributed by atoms with Crippen LogP contribution in [0.2, 0.25) is 0 Å². The zero-order valence-electron chi connectivity index (χ0n) is 27.1. The van der Waals surface area contributed by atoms with Crippen molar-refractivity contribution in [3.8, 4) is 0 Å². The summed E-state index contributed by atoms with van der Waals surface area (Å²) < 4.78 is 0. The number of hydrogen-bond donors (Lipinski definition) is 3. The first kappa shape index (κ1) is 38.9. The van der Waals surface area contributed by atoms with Crippen molar-refractivity contribution in [3.05, 3.63) is 0 Å². The van der Waals surface area contributed by atoms with E-state index in [-0.39, 0.29) is 24.9 Å². The van der Waals surface area contributed by atoms with Crippen molar-refractivity contribution in [1.82, 2.24) is 10.6 Å². The Hall–Kier alpha value is -1.10. The summed E-state index contributed by atoms with van der Waals surface area (Å²) in [6.45, 7) is 4.94. The fourth-order valence-corrected chi connectivity index (χ4v) is 5.32. The number of hydrogen-bond acceptors (Lipinski definition) is 3. The van der Waals surface area contributed by atoms with Gasteiger partial charge in [-0.25, -0.2) is 0 Å². The van der Waals surface area contributed by atoms with Crippen LogP contribution < -0.4 is 10.6 Å². The Morgan fingerprint density at radius 3 is 0.900 bits per heavy atom. The molecule has 2 amide bonds. The number of carbonyl (C=O) groups is 2. The van der Waals surface area contributed by atoms with Crippen LogP contribution in [-0.4, -0.2) is 36.1 Å². The number of aliphatic hydroxyl groups is 1. The largest absolute Gasteiger partial charge is 0.389 e. The third-order valence-corrected chi connectivity index (χ3v) is 8.08. The lowest BCUT2D eigenvalue weighted by molar-refractivity contribution is -0.121. The molecule has 0 aromatic rings. The van der Waals surface area contributed by atoms with Gasteiger partial charge in [0.25, 0.3) is 0 Å². The Balaban J connectivity index is 3.39. The van der Waals surface area contributed by atoms with Gasteiger partial charge in [0.05, 0.1) is 6.10 Å². The van der Waals surface area contributed by atoms with Crippen molar-refractivity contribution in [2.24, 2.45) is 0 Å². The van der Waals surface area contributed by atoms with Crippen LogP contribution in [0.4, 0.5) is 0 Å². The Kier molecular flexibility index (Phi) is 31.5. The SMILES string of the molecule is CCCCCCCCCCCCCCCC(=O)NCC(O)CNC(=O)CCCCCCCCCCCCCCC. The molecular weight excluding hydrogens is 496 g/mol. The Labute approximate surface area is 249 Å². The second kappa shape index (κ2) is 32.4. The van der Waals surface area contributed by atoms with Crippen LogP contribution in [0.15, 0.2) is 0 Å². The minimum Gasteiger partial charge on any atom is -0.389 e. The van der Waals surface area contributed by atoms with Crippen molar-refractivity contribution < 1.29 is 14.7 Å². The molecule has 0 spiro atoms. The molecule has 0 aliphatic heterocycles. The average molecular weight is 567 g/mol. The quantitative estimate of drug-likeness (QED) is 0.0709. The van der Waals surface area contributed by atoms with Gasteiger partial charge in [-0.3, -0.25) is 9.59 Å². The van der Waals surface area contributed by atoms with Crippen LogP contribution in [0.1, 0.15) is 194 Å². The van der Waals surface area contributed by atoms with Crippen LogP contribution in [0.3, 0.4) is 0 Å². The number of nitrogens with one attached hydrogen (secondary N) is 2. The normalized spacial score (nSPS) is 11.3. The maximum Gasteiger partial charge on any atom is 0.220 e. The highest BCUT2D eigenvalue weighted by atomic mass is 16.3. The van der Waals surface area contributed by atoms with E-state index in [0.717, 1.165) is 25.7 Å². The van der Waals surface area contributed by atoms with Crippen LogP contribution in [-0.2, 0) is 9.59 Å². The summed E-state index contributed by atoms with van der Waals surface area (Å²) in [6.07, 6.45) is 34.0. The van der Waals surface area contributed by atoms with Gasteiger partial charge in [-0.2, -0.15) is 0 Å². The molecule has 0 fully saturated rings. The molecule has 0 heterocycles. The summed E-state index contributed by atoms with van der Waals surface area (Å²) in [5, 5.41) is 15.7. The molecular formula is C35H70N2O3. The van der Waals surface area contributed by atoms with E-state index >= 15 is 0 Å². The number of aliphatic hydroxyl groups excluding tert-OH is 1. The molecule has 5 nitrogen and oxygen atoms in total. The minimum atomic E-state index is -0.730. The molecule has 0 rings (SSSR count). The monoisotopic (exact) mass is 567 g/mol. The summed E-state index contributed by atoms with van der Waals surface area (Å²) in [4.78, 5) is 24.1. The molecule has 3 N–H and O–H groups in total. The van der Waals surface area contributed by atoms with Crippen LogP contribution >= 0.6 is 0 Å². The van der Waals surface area contributed by atoms with Gasteiger partial charge in [-0.15, -0.1) is 0 Å². The molecule has 0 aliphatic rings. The zero-order valence-corrected chi connectivity index (χ0v) is 27.1. The molecule has 0 unspecified atom stereocenters. The van der Waals surface area contributed by atoms with Crippen molar-refractivity contribution >= 4 is 11.8 Å². The van der Waals surface area contributed by atoms with Gasteiger partial charge in [-0.1, -0.05) is 168 Å². The summed E-state index contributed by atoms with van der Waals surface area (Å²) in [5.74, 6) is 0.000784. The number of unbranched alkanes of at least 4 members (excludes halogenated alkanes) is 24. The summed E-state index contributed by atoms with van der Waals surface area (Å²) in [7, 11) is 0. The van der Waals surface area contributed by atoms with E-state index in [9.17, 15) is 14.7 Å². The predicted octanol–water partition coefficient (Wildman–Crippen LogP) is 9.54. The molecule has 5 heteroatoms. The molecule has 0 atom stereocenters. The highest BCUT2D eigenvalue weighted by Crippen LogP contribution is 2.14. The molecule has 0 saturated heterocycles. The molecule has 238 valence electrons. The lowest BCUT2D eigenvalue weighted by Crippen LogP contribution is -2.39. The molecule has 0 aromatic heterocycles. The van der Waals surface area contributed by atoms with Crippen molar-refractivity contribution in [2.75, 3.05) is 13.1 Å². The highest BCUT2D eigenvalue weighted by molar-refractivity contribution is 5.76. The Morgan fingerprint density at radius 1 is 0.425 bits per heavy atom. The molecule has 0 radical (unpaired) electrons. The third kappa shape index (κ3) is 31.4. The van der Waals surface area contributed by atoms with Crippen molar-refractivity contribution in [1.29, 1.82) is 0 Å². The molecule has 0 saturated carbocycles. The van der Waals surface area contributed by atoms with Gasteiger partial charge in [0, 0.05) is 25.9 Å². The Bertz CT molecular complexity index is 495. The minimum absolute atomic E-state index is 0.000392. The van der Waals surface area contributed by atoms with E-state index in [1.807, 2.05) is 0 Å². The van der Waals surface area contributed by atoms with Gasteiger partial charge in [-0.05, 0) is 12.8 Å². The molecule has 0 aromatic carbocycles. The summed E-state index contributed by atoms with van der Waals surface area (Å²) in [5.41, 5.74) is 0. The first-order chi connectivity index (χ1) is 19.6. The maximum atomic E-state index is 12.0. The van der Waals surface area contributed by atoms with Crippen molar-refractivity contribution in [3.63, 3.8) is 0 Å². The predicted molar refractivity (Wildman–Crippen MR) is 173 cm³/mol. The maximum absolute atomic E-state index is 12.0. The van der Waals surface area contributed by atoms with E-state index < -0.39 is 6.10 Å². The zero-order chi connectivity index (χ0) is 29.4. The number of rotatable bonds is 32. The van der Waals surface area contributed by atoms with Crippen LogP contribution in [0.5, 0.6) is 0 Å². The van der Waals surface area contributed by atoms with Crippen molar-refractivity contribution in [2.45, 2.75) is 200 Å². The highest BCUT2D eigenvalue weighted by Gasteiger charge is 2.09. The molecule has 0 bridgehead atoms. The standard InChI is InChI=1S/C35H70N2O3/c1-3-5-7-9-11-13-15-17-19-21-23-25-27-29-34(39)36-31-33(38)32-37-35(40)30-28-26-24-22-20-18-16-14-12-10-8-6-4-2/h33,38H,3-32H2,1-2H3,(H,36,39)(H,37,40). The first-order valence-electron chi connectivity index (χ1n) is 17.8. The van der Waals surface area contributed by atoms with E-state index in [1.165, 1.54) is 141 Å². The van der Waals surface area contributed by atoms with Crippen LogP contribution in [0, 0.1) is 0 Å². The molecule has 40 heavy (non-hydrogen) atoms. The summed E-state index contributed by atoms with van der Waals surface area (Å²) in [6, 6.07) is 0. The third-order valence-electron chi connectivity index (χ3n) is 8.08. The fraction of sp³-hybridized carbons (Fsp3) is 0.943. The second-order valence-corrected chi connectivity index (χ2v) is 12.2.